The molecule has 12 heavy (non-hydrogen) atoms. The van der Waals surface area contributed by atoms with Gasteiger partial charge in [0.25, 0.3) is 0 Å². The molecule has 1 aromatic rings. The maximum atomic E-state index is 6.14. The largest absolute Gasteiger partial charge is 0.0837 e. The molecule has 1 aromatic carbocycles. The van der Waals surface area contributed by atoms with E-state index in [1.807, 2.05) is 30.3 Å². The van der Waals surface area contributed by atoms with Crippen LogP contribution in [0, 0.1) is 0 Å². The lowest BCUT2D eigenvalue weighted by molar-refractivity contribution is 1.11. The Labute approximate surface area is 78.9 Å². The van der Waals surface area contributed by atoms with Crippen LogP contribution in [0.2, 0.25) is 0 Å². The van der Waals surface area contributed by atoms with Gasteiger partial charge < -0.3 is 0 Å². The molecule has 0 heterocycles. The molecule has 0 aromatic heterocycles. The molecular formula is C11H13Cl. The normalized spacial score (nSPS) is 12.6. The number of benzene rings is 1. The molecule has 0 spiro atoms. The van der Waals surface area contributed by atoms with Crippen molar-refractivity contribution in [2.75, 3.05) is 0 Å². The van der Waals surface area contributed by atoms with Crippen molar-refractivity contribution < 1.29 is 0 Å². The first-order valence-corrected chi connectivity index (χ1v) is 4.54. The van der Waals surface area contributed by atoms with Gasteiger partial charge in [0, 0.05) is 5.03 Å². The Morgan fingerprint density at radius 1 is 1.25 bits per heavy atom. The summed E-state index contributed by atoms with van der Waals surface area (Å²) in [6.07, 6.45) is 1.01. The number of halogens is 1. The summed E-state index contributed by atoms with van der Waals surface area (Å²) in [6, 6.07) is 10.1. The van der Waals surface area contributed by atoms with Crippen molar-refractivity contribution in [3.05, 3.63) is 41.5 Å². The van der Waals surface area contributed by atoms with Crippen LogP contribution in [0.1, 0.15) is 25.8 Å². The Hall–Kier alpha value is -0.750. The summed E-state index contributed by atoms with van der Waals surface area (Å²) in [5.74, 6) is 0. The maximum absolute atomic E-state index is 6.14. The van der Waals surface area contributed by atoms with E-state index < -0.39 is 0 Å². The molecule has 0 atom stereocenters. The smallest absolute Gasteiger partial charge is 0.0467 e. The Morgan fingerprint density at radius 2 is 1.83 bits per heavy atom. The van der Waals surface area contributed by atoms with E-state index in [1.165, 1.54) is 5.57 Å². The summed E-state index contributed by atoms with van der Waals surface area (Å²) in [4.78, 5) is 0. The average Bonchev–Trinajstić information content (AvgIpc) is 2.17. The summed E-state index contributed by atoms with van der Waals surface area (Å²) < 4.78 is 0. The first kappa shape index (κ1) is 9.34. The molecular weight excluding hydrogens is 168 g/mol. The molecule has 0 unspecified atom stereocenters. The molecule has 0 saturated carbocycles. The second-order valence-corrected chi connectivity index (χ2v) is 3.19. The summed E-state index contributed by atoms with van der Waals surface area (Å²) >= 11 is 6.14. The second kappa shape index (κ2) is 4.32. The van der Waals surface area contributed by atoms with Crippen LogP contribution in [0.15, 0.2) is 35.9 Å². The highest BCUT2D eigenvalue weighted by Crippen LogP contribution is 2.23. The molecule has 0 bridgehead atoms. The van der Waals surface area contributed by atoms with Gasteiger partial charge in [-0.05, 0) is 18.9 Å². The van der Waals surface area contributed by atoms with Gasteiger partial charge in [-0.15, -0.1) is 0 Å². The lowest BCUT2D eigenvalue weighted by atomic mass is 10.1. The van der Waals surface area contributed by atoms with Crippen LogP contribution in [0.3, 0.4) is 0 Å². The third-order valence-electron chi connectivity index (χ3n) is 1.93. The zero-order valence-electron chi connectivity index (χ0n) is 7.47. The fourth-order valence-corrected chi connectivity index (χ4v) is 1.25. The molecule has 0 aliphatic heterocycles. The predicted molar refractivity (Wildman–Crippen MR) is 55.2 cm³/mol. The molecule has 0 aliphatic rings. The molecule has 64 valence electrons. The van der Waals surface area contributed by atoms with Gasteiger partial charge in [-0.1, -0.05) is 54.4 Å². The van der Waals surface area contributed by atoms with Gasteiger partial charge in [-0.2, -0.15) is 0 Å². The zero-order chi connectivity index (χ0) is 8.97. The van der Waals surface area contributed by atoms with E-state index in [0.717, 1.165) is 17.0 Å². The number of hydrogen-bond acceptors (Lipinski definition) is 0. The minimum atomic E-state index is 0.887. The van der Waals surface area contributed by atoms with Gasteiger partial charge in [-0.3, -0.25) is 0 Å². The molecule has 1 heteroatoms. The van der Waals surface area contributed by atoms with E-state index in [1.54, 1.807) is 0 Å². The standard InChI is InChI=1S/C11H13Cl/c1-3-9(2)11(12)10-7-5-4-6-8-10/h4-8H,3H2,1-2H3. The van der Waals surface area contributed by atoms with E-state index in [-0.39, 0.29) is 0 Å². The lowest BCUT2D eigenvalue weighted by Gasteiger charge is -2.02. The molecule has 0 radical (unpaired) electrons. The predicted octanol–water partition coefficient (Wildman–Crippen LogP) is 4.07. The van der Waals surface area contributed by atoms with Gasteiger partial charge >= 0.3 is 0 Å². The van der Waals surface area contributed by atoms with Crippen molar-refractivity contribution in [2.24, 2.45) is 0 Å². The highest BCUT2D eigenvalue weighted by Gasteiger charge is 1.99. The Morgan fingerprint density at radius 3 is 2.33 bits per heavy atom. The molecule has 0 fully saturated rings. The maximum Gasteiger partial charge on any atom is 0.0467 e. The van der Waals surface area contributed by atoms with Gasteiger partial charge in [-0.25, -0.2) is 0 Å². The lowest BCUT2D eigenvalue weighted by Crippen LogP contribution is -1.80. The van der Waals surface area contributed by atoms with E-state index in [2.05, 4.69) is 13.8 Å². The zero-order valence-corrected chi connectivity index (χ0v) is 8.23. The van der Waals surface area contributed by atoms with Crippen LogP contribution in [0.5, 0.6) is 0 Å². The van der Waals surface area contributed by atoms with Crippen molar-refractivity contribution >= 4 is 16.6 Å². The van der Waals surface area contributed by atoms with Crippen molar-refractivity contribution in [1.29, 1.82) is 0 Å². The fraction of sp³-hybridized carbons (Fsp3) is 0.273. The van der Waals surface area contributed by atoms with E-state index in [0.29, 0.717) is 0 Å². The minimum absolute atomic E-state index is 0.887. The summed E-state index contributed by atoms with van der Waals surface area (Å²) in [7, 11) is 0. The Kier molecular flexibility index (Phi) is 3.36. The van der Waals surface area contributed by atoms with Gasteiger partial charge in [0.1, 0.15) is 0 Å². The van der Waals surface area contributed by atoms with Crippen LogP contribution in [0.25, 0.3) is 5.03 Å². The fourth-order valence-electron chi connectivity index (χ4n) is 0.986. The monoisotopic (exact) mass is 180 g/mol. The van der Waals surface area contributed by atoms with Crippen molar-refractivity contribution in [3.8, 4) is 0 Å². The summed E-state index contributed by atoms with van der Waals surface area (Å²) in [5, 5.41) is 0.887. The SMILES string of the molecule is CCC(C)=C(Cl)c1ccccc1. The molecule has 0 amide bonds. The van der Waals surface area contributed by atoms with Crippen molar-refractivity contribution in [3.63, 3.8) is 0 Å². The topological polar surface area (TPSA) is 0 Å². The number of rotatable bonds is 2. The van der Waals surface area contributed by atoms with E-state index in [4.69, 9.17) is 11.6 Å². The molecule has 1 rings (SSSR count). The number of hydrogen-bond donors (Lipinski definition) is 0. The van der Waals surface area contributed by atoms with Crippen LogP contribution >= 0.6 is 11.6 Å². The molecule has 0 aliphatic carbocycles. The Balaban J connectivity index is 3.00. The quantitative estimate of drug-likeness (QED) is 0.644. The Bertz CT molecular complexity index is 272. The minimum Gasteiger partial charge on any atom is -0.0837 e. The average molecular weight is 181 g/mol. The van der Waals surface area contributed by atoms with Crippen LogP contribution in [0.4, 0.5) is 0 Å². The second-order valence-electron chi connectivity index (χ2n) is 2.81. The van der Waals surface area contributed by atoms with Crippen LogP contribution in [-0.2, 0) is 0 Å². The summed E-state index contributed by atoms with van der Waals surface area (Å²) in [5.41, 5.74) is 2.35. The first-order chi connectivity index (χ1) is 5.75. The van der Waals surface area contributed by atoms with Crippen LogP contribution in [-0.4, -0.2) is 0 Å². The van der Waals surface area contributed by atoms with Crippen molar-refractivity contribution in [2.45, 2.75) is 20.3 Å². The van der Waals surface area contributed by atoms with E-state index in [9.17, 15) is 0 Å². The van der Waals surface area contributed by atoms with Crippen LogP contribution < -0.4 is 0 Å². The molecule has 0 saturated heterocycles. The first-order valence-electron chi connectivity index (χ1n) is 4.16. The molecule has 0 nitrogen and oxygen atoms in total. The number of allylic oxidation sites excluding steroid dienone is 1. The van der Waals surface area contributed by atoms with Gasteiger partial charge in [0.15, 0.2) is 0 Å². The molecule has 0 N–H and O–H groups in total. The third-order valence-corrected chi connectivity index (χ3v) is 2.47. The van der Waals surface area contributed by atoms with Crippen molar-refractivity contribution in [1.82, 2.24) is 0 Å². The highest BCUT2D eigenvalue weighted by atomic mass is 35.5. The van der Waals surface area contributed by atoms with Gasteiger partial charge in [0.2, 0.25) is 0 Å². The van der Waals surface area contributed by atoms with Gasteiger partial charge in [0.05, 0.1) is 0 Å². The summed E-state index contributed by atoms with van der Waals surface area (Å²) in [6.45, 7) is 4.18. The van der Waals surface area contributed by atoms with E-state index >= 15 is 0 Å². The highest BCUT2D eigenvalue weighted by molar-refractivity contribution is 6.49. The third kappa shape index (κ3) is 2.12.